The van der Waals surface area contributed by atoms with Gasteiger partial charge in [-0.05, 0) is 71.8 Å². The summed E-state index contributed by atoms with van der Waals surface area (Å²) in [5, 5.41) is 0. The molecule has 0 spiro atoms. The van der Waals surface area contributed by atoms with Crippen LogP contribution in [0.3, 0.4) is 0 Å². The average molecular weight is 642 g/mol. The lowest BCUT2D eigenvalue weighted by molar-refractivity contribution is 1.10. The van der Waals surface area contributed by atoms with Crippen molar-refractivity contribution in [3.05, 3.63) is 188 Å². The zero-order valence-electron chi connectivity index (χ0n) is 27.1. The highest BCUT2D eigenvalue weighted by atomic mass is 15.1. The Kier molecular flexibility index (Phi) is 7.41. The molecule has 9 aromatic rings. The van der Waals surface area contributed by atoms with Gasteiger partial charge in [-0.2, -0.15) is 0 Å². The lowest BCUT2D eigenvalue weighted by Gasteiger charge is -2.25. The summed E-state index contributed by atoms with van der Waals surface area (Å²) >= 11 is 0. The molecule has 3 aromatic heterocycles. The fraction of sp³-hybridized carbons (Fsp3) is 0. The maximum Gasteiger partial charge on any atom is 0.145 e. The molecule has 0 saturated heterocycles. The van der Waals surface area contributed by atoms with Crippen LogP contribution in [0, 0.1) is 0 Å². The number of aromatic nitrogens is 4. The fourth-order valence-corrected chi connectivity index (χ4v) is 6.68. The van der Waals surface area contributed by atoms with E-state index < -0.39 is 0 Å². The third-order valence-electron chi connectivity index (χ3n) is 9.04. The molecule has 9 rings (SSSR count). The molecule has 0 radical (unpaired) electrons. The van der Waals surface area contributed by atoms with Crippen molar-refractivity contribution in [1.82, 2.24) is 19.5 Å². The van der Waals surface area contributed by atoms with Gasteiger partial charge in [0.2, 0.25) is 0 Å². The molecule has 5 heteroatoms. The molecule has 6 aromatic carbocycles. The van der Waals surface area contributed by atoms with Gasteiger partial charge in [0.05, 0.1) is 11.2 Å². The number of hydrogen-bond acceptors (Lipinski definition) is 4. The lowest BCUT2D eigenvalue weighted by atomic mass is 10.0. The molecule has 50 heavy (non-hydrogen) atoms. The van der Waals surface area contributed by atoms with Crippen LogP contribution < -0.4 is 4.90 Å². The maximum absolute atomic E-state index is 5.32. The van der Waals surface area contributed by atoms with Crippen molar-refractivity contribution in [3.8, 4) is 39.5 Å². The second-order valence-corrected chi connectivity index (χ2v) is 12.1. The van der Waals surface area contributed by atoms with Crippen LogP contribution in [0.5, 0.6) is 0 Å². The molecular formula is C45H31N5. The van der Waals surface area contributed by atoms with E-state index in [1.165, 1.54) is 0 Å². The molecule has 0 aliphatic rings. The van der Waals surface area contributed by atoms with Crippen molar-refractivity contribution >= 4 is 39.1 Å². The Bertz CT molecular complexity index is 2510. The van der Waals surface area contributed by atoms with Crippen molar-refractivity contribution in [2.75, 3.05) is 4.90 Å². The number of nitrogens with zero attached hydrogens (tertiary/aromatic N) is 5. The van der Waals surface area contributed by atoms with E-state index in [1.807, 2.05) is 54.7 Å². The first-order valence-corrected chi connectivity index (χ1v) is 16.7. The van der Waals surface area contributed by atoms with Crippen molar-refractivity contribution < 1.29 is 0 Å². The van der Waals surface area contributed by atoms with E-state index in [9.17, 15) is 0 Å². The van der Waals surface area contributed by atoms with Crippen LogP contribution in [-0.4, -0.2) is 19.5 Å². The Morgan fingerprint density at radius 2 is 0.920 bits per heavy atom. The minimum atomic E-state index is 0.787. The van der Waals surface area contributed by atoms with E-state index in [1.54, 1.807) is 0 Å². The molecule has 5 nitrogen and oxygen atoms in total. The number of para-hydroxylation sites is 3. The number of fused-ring (bicyclic) bond motifs is 3. The van der Waals surface area contributed by atoms with Gasteiger partial charge < -0.3 is 4.90 Å². The quantitative estimate of drug-likeness (QED) is 0.174. The molecule has 0 N–H and O–H groups in total. The highest BCUT2D eigenvalue weighted by Crippen LogP contribution is 2.38. The van der Waals surface area contributed by atoms with Gasteiger partial charge in [0, 0.05) is 40.1 Å². The zero-order chi connectivity index (χ0) is 33.3. The summed E-state index contributed by atoms with van der Waals surface area (Å²) in [5.74, 6) is 0.839. The van der Waals surface area contributed by atoms with Crippen LogP contribution in [0.25, 0.3) is 61.5 Å². The minimum absolute atomic E-state index is 0.787. The Balaban J connectivity index is 1.15. The Morgan fingerprint density at radius 3 is 1.54 bits per heavy atom. The predicted molar refractivity (Wildman–Crippen MR) is 205 cm³/mol. The van der Waals surface area contributed by atoms with E-state index in [4.69, 9.17) is 15.0 Å². The van der Waals surface area contributed by atoms with Gasteiger partial charge in [0.15, 0.2) is 0 Å². The van der Waals surface area contributed by atoms with Gasteiger partial charge in [-0.25, -0.2) is 9.97 Å². The summed E-state index contributed by atoms with van der Waals surface area (Å²) in [4.78, 5) is 17.5. The monoisotopic (exact) mass is 641 g/mol. The van der Waals surface area contributed by atoms with Crippen LogP contribution in [0.4, 0.5) is 17.1 Å². The molecule has 0 unspecified atom stereocenters. The number of rotatable bonds is 7. The number of hydrogen-bond donors (Lipinski definition) is 0. The molecule has 0 bridgehead atoms. The summed E-state index contributed by atoms with van der Waals surface area (Å²) in [6.45, 7) is 0. The number of imidazole rings is 1. The van der Waals surface area contributed by atoms with E-state index >= 15 is 0 Å². The first-order valence-electron chi connectivity index (χ1n) is 16.7. The van der Waals surface area contributed by atoms with Crippen molar-refractivity contribution in [3.63, 3.8) is 0 Å². The highest BCUT2D eigenvalue weighted by molar-refractivity contribution is 6.07. The van der Waals surface area contributed by atoms with E-state index in [0.29, 0.717) is 0 Å². The Hall–Kier alpha value is -6.85. The SMILES string of the molecule is c1ccc(-c2nc3cccnc3c3nc(-c4ccc(-c5ccc(N(c6ccccc6)c6ccccc6)cc5)cc4)n(-c4ccccc4)c23)cc1. The molecule has 3 heterocycles. The Labute approximate surface area is 290 Å². The molecule has 0 aliphatic carbocycles. The van der Waals surface area contributed by atoms with Crippen LogP contribution in [0.2, 0.25) is 0 Å². The zero-order valence-corrected chi connectivity index (χ0v) is 27.1. The first kappa shape index (κ1) is 29.3. The van der Waals surface area contributed by atoms with Gasteiger partial charge in [0.1, 0.15) is 22.4 Å². The maximum atomic E-state index is 5.32. The standard InChI is InChI=1S/C45H31N5/c1-5-14-34(15-6-1)41-44-43(42-40(47-41)22-13-31-46-42)48-45(50(44)38-20-11-4-12-21-38)35-25-23-32(24-26-35)33-27-29-39(30-28-33)49(36-16-7-2-8-17-36)37-18-9-3-10-19-37/h1-31H. The van der Waals surface area contributed by atoms with Gasteiger partial charge in [-0.1, -0.05) is 121 Å². The summed E-state index contributed by atoms with van der Waals surface area (Å²) in [7, 11) is 0. The third-order valence-corrected chi connectivity index (χ3v) is 9.04. The smallest absolute Gasteiger partial charge is 0.145 e. The average Bonchev–Trinajstić information content (AvgIpc) is 3.61. The molecular weight excluding hydrogens is 611 g/mol. The minimum Gasteiger partial charge on any atom is -0.311 e. The molecule has 0 fully saturated rings. The Morgan fingerprint density at radius 1 is 0.400 bits per heavy atom. The van der Waals surface area contributed by atoms with Crippen molar-refractivity contribution in [1.29, 1.82) is 0 Å². The van der Waals surface area contributed by atoms with Crippen molar-refractivity contribution in [2.24, 2.45) is 0 Å². The van der Waals surface area contributed by atoms with Crippen LogP contribution >= 0.6 is 0 Å². The highest BCUT2D eigenvalue weighted by Gasteiger charge is 2.22. The second-order valence-electron chi connectivity index (χ2n) is 12.1. The summed E-state index contributed by atoms with van der Waals surface area (Å²) in [6, 6.07) is 63.0. The lowest BCUT2D eigenvalue weighted by Crippen LogP contribution is -2.09. The molecule has 236 valence electrons. The van der Waals surface area contributed by atoms with Gasteiger partial charge in [-0.3, -0.25) is 9.55 Å². The predicted octanol–water partition coefficient (Wildman–Crippen LogP) is 11.4. The van der Waals surface area contributed by atoms with E-state index in [-0.39, 0.29) is 0 Å². The fourth-order valence-electron chi connectivity index (χ4n) is 6.68. The third kappa shape index (κ3) is 5.27. The largest absolute Gasteiger partial charge is 0.311 e. The normalized spacial score (nSPS) is 11.2. The molecule has 0 atom stereocenters. The number of anilines is 3. The summed E-state index contributed by atoms with van der Waals surface area (Å²) < 4.78 is 2.23. The molecule has 0 saturated carbocycles. The van der Waals surface area contributed by atoms with E-state index in [0.717, 1.165) is 78.6 Å². The van der Waals surface area contributed by atoms with Crippen LogP contribution in [0.1, 0.15) is 0 Å². The molecule has 0 amide bonds. The summed E-state index contributed by atoms with van der Waals surface area (Å²) in [5.41, 5.74) is 12.9. The topological polar surface area (TPSA) is 46.8 Å². The summed E-state index contributed by atoms with van der Waals surface area (Å²) in [6.07, 6.45) is 1.81. The van der Waals surface area contributed by atoms with Gasteiger partial charge in [0.25, 0.3) is 0 Å². The number of benzene rings is 6. The number of pyridine rings is 2. The molecule has 0 aliphatic heterocycles. The van der Waals surface area contributed by atoms with Gasteiger partial charge in [-0.15, -0.1) is 0 Å². The van der Waals surface area contributed by atoms with Crippen LogP contribution in [0.15, 0.2) is 188 Å². The van der Waals surface area contributed by atoms with Crippen molar-refractivity contribution in [2.45, 2.75) is 0 Å². The van der Waals surface area contributed by atoms with E-state index in [2.05, 4.69) is 143 Å². The van der Waals surface area contributed by atoms with Crippen LogP contribution in [-0.2, 0) is 0 Å². The van der Waals surface area contributed by atoms with Gasteiger partial charge >= 0.3 is 0 Å². The first-order chi connectivity index (χ1) is 24.8. The second kappa shape index (κ2) is 12.6.